The van der Waals surface area contributed by atoms with Crippen LogP contribution in [-0.2, 0) is 24.4 Å². The van der Waals surface area contributed by atoms with Crippen molar-refractivity contribution in [1.82, 2.24) is 19.4 Å². The number of aromatic nitrogens is 2. The molecule has 0 unspecified atom stereocenters. The van der Waals surface area contributed by atoms with Crippen molar-refractivity contribution in [3.63, 3.8) is 0 Å². The predicted molar refractivity (Wildman–Crippen MR) is 118 cm³/mol. The van der Waals surface area contributed by atoms with Crippen molar-refractivity contribution in [2.24, 2.45) is 0 Å². The molecule has 31 heavy (non-hydrogen) atoms. The lowest BCUT2D eigenvalue weighted by molar-refractivity contribution is 0.0691. The average Bonchev–Trinajstić information content (AvgIpc) is 3.25. The van der Waals surface area contributed by atoms with Crippen LogP contribution < -0.4 is 4.74 Å². The smallest absolute Gasteiger partial charge is 0.410 e. The summed E-state index contributed by atoms with van der Waals surface area (Å²) in [5, 5.41) is 0. The van der Waals surface area contributed by atoms with Gasteiger partial charge in [-0.2, -0.15) is 0 Å². The molecule has 1 aromatic heterocycles. The number of hydrogen-bond acceptors (Lipinski definition) is 5. The van der Waals surface area contributed by atoms with Gasteiger partial charge >= 0.3 is 6.09 Å². The van der Waals surface area contributed by atoms with E-state index in [2.05, 4.69) is 26.6 Å². The number of rotatable bonds is 7. The highest BCUT2D eigenvalue weighted by atomic mass is 16.6. The molecule has 7 nitrogen and oxygen atoms in total. The SMILES string of the molecule is [3H]C([3H])([3H])Oc1ccccc1COC(=O)N1CCN(Cc2cncn2Cc2ccccc2)CC1. The second kappa shape index (κ2) is 10.1. The molecule has 1 amide bonds. The number of carbonyl (C=O) groups excluding carboxylic acids is 1. The van der Waals surface area contributed by atoms with E-state index in [0.717, 1.165) is 31.9 Å². The van der Waals surface area contributed by atoms with Crippen molar-refractivity contribution in [3.8, 4) is 5.75 Å². The number of ether oxygens (including phenoxy) is 2. The third kappa shape index (κ3) is 5.44. The topological polar surface area (TPSA) is 59.8 Å². The van der Waals surface area contributed by atoms with E-state index in [0.29, 0.717) is 18.7 Å². The molecule has 2 aromatic carbocycles. The van der Waals surface area contributed by atoms with Crippen LogP contribution in [0.3, 0.4) is 0 Å². The van der Waals surface area contributed by atoms with Crippen molar-refractivity contribution >= 4 is 6.09 Å². The number of benzene rings is 2. The fourth-order valence-corrected chi connectivity index (χ4v) is 3.67. The van der Waals surface area contributed by atoms with Gasteiger partial charge in [0.15, 0.2) is 0 Å². The average molecular weight is 427 g/mol. The van der Waals surface area contributed by atoms with Gasteiger partial charge in [-0.15, -0.1) is 0 Å². The van der Waals surface area contributed by atoms with Crippen LogP contribution >= 0.6 is 0 Å². The molecule has 1 aliphatic heterocycles. The summed E-state index contributed by atoms with van der Waals surface area (Å²) >= 11 is 0. The largest absolute Gasteiger partial charge is 0.496 e. The van der Waals surface area contributed by atoms with E-state index in [4.69, 9.17) is 13.6 Å². The fraction of sp³-hybridized carbons (Fsp3) is 0.333. The van der Waals surface area contributed by atoms with E-state index in [1.807, 2.05) is 30.7 Å². The highest BCUT2D eigenvalue weighted by Gasteiger charge is 2.23. The Hall–Kier alpha value is -3.32. The Labute approximate surface area is 187 Å². The van der Waals surface area contributed by atoms with E-state index in [1.54, 1.807) is 29.2 Å². The monoisotopic (exact) mass is 426 g/mol. The maximum absolute atomic E-state index is 12.6. The molecule has 3 aromatic rings. The van der Waals surface area contributed by atoms with Crippen LogP contribution in [0, 0.1) is 0 Å². The first-order valence-corrected chi connectivity index (χ1v) is 10.3. The van der Waals surface area contributed by atoms with Crippen molar-refractivity contribution in [3.05, 3.63) is 83.9 Å². The number of imidazole rings is 1. The van der Waals surface area contributed by atoms with E-state index in [9.17, 15) is 4.79 Å². The first kappa shape index (κ1) is 17.4. The number of hydrogen-bond donors (Lipinski definition) is 0. The maximum atomic E-state index is 12.6. The van der Waals surface area contributed by atoms with Gasteiger partial charge in [-0.25, -0.2) is 9.78 Å². The molecule has 1 saturated heterocycles. The van der Waals surface area contributed by atoms with Crippen molar-refractivity contribution in [1.29, 1.82) is 0 Å². The van der Waals surface area contributed by atoms with Gasteiger partial charge in [0.1, 0.15) is 12.4 Å². The van der Waals surface area contributed by atoms with Crippen LogP contribution in [0.25, 0.3) is 0 Å². The minimum atomic E-state index is -2.56. The Bertz CT molecular complexity index is 1080. The molecule has 2 heterocycles. The lowest BCUT2D eigenvalue weighted by atomic mass is 10.2. The molecule has 0 N–H and O–H groups in total. The Kier molecular flexibility index (Phi) is 5.67. The maximum Gasteiger partial charge on any atom is 0.410 e. The zero-order valence-corrected chi connectivity index (χ0v) is 17.3. The van der Waals surface area contributed by atoms with Crippen molar-refractivity contribution < 1.29 is 18.4 Å². The summed E-state index contributed by atoms with van der Waals surface area (Å²) in [7, 11) is -2.56. The van der Waals surface area contributed by atoms with Gasteiger partial charge in [0.25, 0.3) is 0 Å². The van der Waals surface area contributed by atoms with Crippen LogP contribution in [0.2, 0.25) is 0 Å². The minimum absolute atomic E-state index is 0.0516. The summed E-state index contributed by atoms with van der Waals surface area (Å²) in [4.78, 5) is 20.8. The van der Waals surface area contributed by atoms with E-state index in [-0.39, 0.29) is 12.4 Å². The molecule has 0 saturated carbocycles. The number of amides is 1. The van der Waals surface area contributed by atoms with Gasteiger partial charge < -0.3 is 18.9 Å². The molecule has 0 aliphatic carbocycles. The summed E-state index contributed by atoms with van der Waals surface area (Å²) in [5.41, 5.74) is 2.86. The van der Waals surface area contributed by atoms with Crippen molar-refractivity contribution in [2.75, 3.05) is 33.2 Å². The van der Waals surface area contributed by atoms with Gasteiger partial charge in [-0.1, -0.05) is 48.5 Å². The summed E-state index contributed by atoms with van der Waals surface area (Å²) < 4.78 is 34.4. The number of piperazine rings is 1. The van der Waals surface area contributed by atoms with Gasteiger partial charge in [-0.3, -0.25) is 4.90 Å². The predicted octanol–water partition coefficient (Wildman–Crippen LogP) is 3.39. The summed E-state index contributed by atoms with van der Waals surface area (Å²) in [6.07, 6.45) is 3.32. The van der Waals surface area contributed by atoms with Crippen LogP contribution in [-0.4, -0.2) is 58.7 Å². The molecular formula is C24H28N4O3. The Balaban J connectivity index is 1.26. The van der Waals surface area contributed by atoms with Crippen LogP contribution in [0.1, 0.15) is 20.9 Å². The highest BCUT2D eigenvalue weighted by Crippen LogP contribution is 2.19. The zero-order chi connectivity index (χ0) is 24.0. The van der Waals surface area contributed by atoms with E-state index >= 15 is 0 Å². The standard InChI is InChI=1S/C24H28N4O3/c1-30-23-10-6-5-9-21(23)18-31-24(29)27-13-11-26(12-14-27)17-22-15-25-19-28(22)16-20-7-3-2-4-8-20/h2-10,15,19H,11-14,16-18H2,1H3/i1T3. The summed E-state index contributed by atoms with van der Waals surface area (Å²) in [6.45, 7) is 4.04. The van der Waals surface area contributed by atoms with Crippen LogP contribution in [0.4, 0.5) is 4.79 Å². The molecule has 4 rings (SSSR count). The molecule has 0 bridgehead atoms. The third-order valence-electron chi connectivity index (χ3n) is 5.44. The molecule has 0 atom stereocenters. The highest BCUT2D eigenvalue weighted by molar-refractivity contribution is 5.67. The first-order chi connectivity index (χ1) is 16.4. The van der Waals surface area contributed by atoms with E-state index in [1.165, 1.54) is 5.56 Å². The normalized spacial score (nSPS) is 16.3. The van der Waals surface area contributed by atoms with Gasteiger partial charge in [0, 0.05) is 51.0 Å². The van der Waals surface area contributed by atoms with Gasteiger partial charge in [-0.05, 0) is 11.6 Å². The first-order valence-electron chi connectivity index (χ1n) is 11.8. The molecule has 1 fully saturated rings. The Morgan fingerprint density at radius 2 is 1.81 bits per heavy atom. The second-order valence-electron chi connectivity index (χ2n) is 7.53. The Morgan fingerprint density at radius 3 is 2.61 bits per heavy atom. The lowest BCUT2D eigenvalue weighted by Gasteiger charge is -2.34. The number of nitrogens with zero attached hydrogens (tertiary/aromatic N) is 4. The van der Waals surface area contributed by atoms with E-state index < -0.39 is 13.1 Å². The molecular weight excluding hydrogens is 392 g/mol. The number of carbonyl (C=O) groups is 1. The quantitative estimate of drug-likeness (QED) is 0.580. The third-order valence-corrected chi connectivity index (χ3v) is 5.44. The van der Waals surface area contributed by atoms with Crippen molar-refractivity contribution in [2.45, 2.75) is 19.7 Å². The Morgan fingerprint density at radius 1 is 1.03 bits per heavy atom. The zero-order valence-electron chi connectivity index (χ0n) is 20.3. The minimum Gasteiger partial charge on any atom is -0.496 e. The summed E-state index contributed by atoms with van der Waals surface area (Å²) in [5.74, 6) is 0.187. The molecule has 1 aliphatic rings. The summed E-state index contributed by atoms with van der Waals surface area (Å²) in [6, 6.07) is 16.9. The fourth-order valence-electron chi connectivity index (χ4n) is 3.67. The number of methoxy groups -OCH3 is 1. The molecule has 0 spiro atoms. The van der Waals surface area contributed by atoms with Crippen LogP contribution in [0.5, 0.6) is 5.75 Å². The van der Waals surface area contributed by atoms with Gasteiger partial charge in [0.2, 0.25) is 0 Å². The lowest BCUT2D eigenvalue weighted by Crippen LogP contribution is -2.48. The molecule has 0 radical (unpaired) electrons. The van der Waals surface area contributed by atoms with Crippen LogP contribution in [0.15, 0.2) is 67.1 Å². The second-order valence-corrected chi connectivity index (χ2v) is 7.53. The number of para-hydroxylation sites is 1. The van der Waals surface area contributed by atoms with Gasteiger partial charge in [0.05, 0.1) is 23.2 Å². The molecule has 162 valence electrons. The molecule has 7 heteroatoms.